The fraction of sp³-hybridized carbons (Fsp3) is 0.467. The molecule has 104 valence electrons. The molecule has 0 spiro atoms. The maximum atomic E-state index is 9.10. The Bertz CT molecular complexity index is 680. The smallest absolute Gasteiger partial charge is 0.111 e. The number of hydrogen-bond donors (Lipinski definition) is 0. The lowest BCUT2D eigenvalue weighted by Crippen LogP contribution is -2.32. The molecule has 1 saturated heterocycles. The van der Waals surface area contributed by atoms with Crippen LogP contribution in [0.5, 0.6) is 0 Å². The number of nitrogens with zero attached hydrogens (tertiary/aromatic N) is 3. The predicted octanol–water partition coefficient (Wildman–Crippen LogP) is 2.82. The third-order valence-electron chi connectivity index (χ3n) is 3.91. The first kappa shape index (κ1) is 13.4. The van der Waals surface area contributed by atoms with E-state index in [2.05, 4.69) is 22.5 Å². The zero-order chi connectivity index (χ0) is 14.2. The molecule has 3 rings (SSSR count). The van der Waals surface area contributed by atoms with Gasteiger partial charge in [-0.15, -0.1) is 11.6 Å². The van der Waals surface area contributed by atoms with Crippen LogP contribution in [0.1, 0.15) is 24.7 Å². The molecule has 0 saturated carbocycles. The van der Waals surface area contributed by atoms with Crippen LogP contribution in [0.3, 0.4) is 0 Å². The van der Waals surface area contributed by atoms with E-state index in [1.165, 1.54) is 0 Å². The van der Waals surface area contributed by atoms with Gasteiger partial charge in [0.2, 0.25) is 0 Å². The first-order chi connectivity index (χ1) is 9.68. The summed E-state index contributed by atoms with van der Waals surface area (Å²) in [7, 11) is 0. The molecule has 0 bridgehead atoms. The van der Waals surface area contributed by atoms with Gasteiger partial charge < -0.3 is 9.30 Å². The molecule has 20 heavy (non-hydrogen) atoms. The molecule has 0 N–H and O–H groups in total. The molecular weight excluding hydrogens is 274 g/mol. The molecule has 1 unspecified atom stereocenters. The van der Waals surface area contributed by atoms with Gasteiger partial charge in [-0.05, 0) is 31.5 Å². The van der Waals surface area contributed by atoms with Crippen LogP contribution in [0.25, 0.3) is 11.0 Å². The molecule has 2 heterocycles. The quantitative estimate of drug-likeness (QED) is 0.817. The second-order valence-electron chi connectivity index (χ2n) is 5.42. The maximum Gasteiger partial charge on any atom is 0.111 e. The highest BCUT2D eigenvalue weighted by Gasteiger charge is 2.34. The summed E-state index contributed by atoms with van der Waals surface area (Å²) in [6, 6.07) is 7.81. The van der Waals surface area contributed by atoms with Gasteiger partial charge in [-0.1, -0.05) is 0 Å². The summed E-state index contributed by atoms with van der Waals surface area (Å²) in [5, 5.41) is 9.10. The van der Waals surface area contributed by atoms with Crippen molar-refractivity contribution in [2.24, 2.45) is 0 Å². The Morgan fingerprint density at radius 1 is 1.55 bits per heavy atom. The van der Waals surface area contributed by atoms with Crippen LogP contribution in [-0.4, -0.2) is 28.6 Å². The Morgan fingerprint density at radius 3 is 3.05 bits per heavy atom. The molecule has 1 aromatic carbocycles. The van der Waals surface area contributed by atoms with Gasteiger partial charge in [-0.25, -0.2) is 4.98 Å². The van der Waals surface area contributed by atoms with E-state index in [1.807, 2.05) is 12.1 Å². The van der Waals surface area contributed by atoms with Crippen LogP contribution in [0.2, 0.25) is 0 Å². The summed E-state index contributed by atoms with van der Waals surface area (Å²) in [6.45, 7) is 3.61. The number of nitriles is 1. The van der Waals surface area contributed by atoms with E-state index in [0.29, 0.717) is 24.5 Å². The highest BCUT2D eigenvalue weighted by atomic mass is 35.5. The van der Waals surface area contributed by atoms with Crippen molar-refractivity contribution < 1.29 is 4.74 Å². The summed E-state index contributed by atoms with van der Waals surface area (Å²) in [5.74, 6) is 1.50. The first-order valence-electron chi connectivity index (χ1n) is 6.73. The fourth-order valence-corrected chi connectivity index (χ4v) is 3.05. The van der Waals surface area contributed by atoms with Gasteiger partial charge in [0.25, 0.3) is 0 Å². The van der Waals surface area contributed by atoms with E-state index < -0.39 is 0 Å². The number of halogens is 1. The number of alkyl halides is 1. The van der Waals surface area contributed by atoms with E-state index in [-0.39, 0.29) is 5.54 Å². The molecule has 1 aliphatic heterocycles. The Hall–Kier alpha value is -1.57. The SMILES string of the molecule is CC1(n2c(CCCl)nc3ccc(C#N)cc32)CCOC1. The molecule has 1 aromatic heterocycles. The van der Waals surface area contributed by atoms with Crippen LogP contribution >= 0.6 is 11.6 Å². The monoisotopic (exact) mass is 289 g/mol. The van der Waals surface area contributed by atoms with Crippen LogP contribution in [0.4, 0.5) is 0 Å². The number of benzene rings is 1. The minimum Gasteiger partial charge on any atom is -0.379 e. The van der Waals surface area contributed by atoms with Gasteiger partial charge in [0.05, 0.1) is 34.8 Å². The van der Waals surface area contributed by atoms with E-state index >= 15 is 0 Å². The average Bonchev–Trinajstić information content (AvgIpc) is 3.02. The number of fused-ring (bicyclic) bond motifs is 1. The lowest BCUT2D eigenvalue weighted by Gasteiger charge is -2.27. The molecule has 2 aromatic rings. The van der Waals surface area contributed by atoms with Crippen molar-refractivity contribution in [1.82, 2.24) is 9.55 Å². The van der Waals surface area contributed by atoms with E-state index in [0.717, 1.165) is 29.9 Å². The largest absolute Gasteiger partial charge is 0.379 e. The standard InChI is InChI=1S/C15H16ClN3O/c1-15(5-7-20-10-15)19-13-8-11(9-17)2-3-12(13)18-14(19)4-6-16/h2-3,8H,4-7,10H2,1H3. The third kappa shape index (κ3) is 2.07. The average molecular weight is 290 g/mol. The van der Waals surface area contributed by atoms with E-state index in [9.17, 15) is 0 Å². The molecule has 1 fully saturated rings. The summed E-state index contributed by atoms with van der Waals surface area (Å²) in [5.41, 5.74) is 2.46. The lowest BCUT2D eigenvalue weighted by atomic mass is 10.0. The highest BCUT2D eigenvalue weighted by Crippen LogP contribution is 2.33. The van der Waals surface area contributed by atoms with Crippen LogP contribution in [0, 0.1) is 11.3 Å². The van der Waals surface area contributed by atoms with Crippen molar-refractivity contribution in [2.45, 2.75) is 25.3 Å². The zero-order valence-electron chi connectivity index (χ0n) is 11.4. The Kier molecular flexibility index (Phi) is 3.41. The minimum absolute atomic E-state index is 0.107. The summed E-state index contributed by atoms with van der Waals surface area (Å²) >= 11 is 5.91. The normalized spacial score (nSPS) is 22.2. The lowest BCUT2D eigenvalue weighted by molar-refractivity contribution is 0.162. The van der Waals surface area contributed by atoms with Gasteiger partial charge in [0.15, 0.2) is 0 Å². The molecule has 4 nitrogen and oxygen atoms in total. The van der Waals surface area contributed by atoms with E-state index in [4.69, 9.17) is 21.6 Å². The second-order valence-corrected chi connectivity index (χ2v) is 5.80. The Balaban J connectivity index is 2.24. The fourth-order valence-electron chi connectivity index (χ4n) is 2.88. The topological polar surface area (TPSA) is 50.8 Å². The van der Waals surface area contributed by atoms with Gasteiger partial charge in [0, 0.05) is 18.9 Å². The molecular formula is C15H16ClN3O. The summed E-state index contributed by atoms with van der Waals surface area (Å²) in [4.78, 5) is 4.68. The predicted molar refractivity (Wildman–Crippen MR) is 78.0 cm³/mol. The van der Waals surface area contributed by atoms with Crippen LogP contribution in [0.15, 0.2) is 18.2 Å². The van der Waals surface area contributed by atoms with Crippen molar-refractivity contribution in [2.75, 3.05) is 19.1 Å². The van der Waals surface area contributed by atoms with Crippen molar-refractivity contribution in [3.05, 3.63) is 29.6 Å². The first-order valence-corrected chi connectivity index (χ1v) is 7.27. The number of aryl methyl sites for hydroxylation is 1. The van der Waals surface area contributed by atoms with Gasteiger partial charge in [0.1, 0.15) is 5.82 Å². The number of hydrogen-bond acceptors (Lipinski definition) is 3. The number of imidazole rings is 1. The molecule has 1 aliphatic rings. The maximum absolute atomic E-state index is 9.10. The van der Waals surface area contributed by atoms with Gasteiger partial charge in [-0.2, -0.15) is 5.26 Å². The van der Waals surface area contributed by atoms with Gasteiger partial charge in [-0.3, -0.25) is 0 Å². The second kappa shape index (κ2) is 5.08. The molecule has 5 heteroatoms. The molecule has 0 aliphatic carbocycles. The summed E-state index contributed by atoms with van der Waals surface area (Å²) < 4.78 is 7.80. The van der Waals surface area contributed by atoms with Crippen molar-refractivity contribution in [3.63, 3.8) is 0 Å². The molecule has 1 atom stereocenters. The third-order valence-corrected chi connectivity index (χ3v) is 4.10. The van der Waals surface area contributed by atoms with Gasteiger partial charge >= 0.3 is 0 Å². The minimum atomic E-state index is -0.107. The Morgan fingerprint density at radius 2 is 2.40 bits per heavy atom. The van der Waals surface area contributed by atoms with Crippen molar-refractivity contribution in [1.29, 1.82) is 5.26 Å². The van der Waals surface area contributed by atoms with Crippen molar-refractivity contribution in [3.8, 4) is 6.07 Å². The van der Waals surface area contributed by atoms with E-state index in [1.54, 1.807) is 6.07 Å². The number of ether oxygens (including phenoxy) is 1. The zero-order valence-corrected chi connectivity index (χ0v) is 12.2. The van der Waals surface area contributed by atoms with Crippen LogP contribution < -0.4 is 0 Å². The molecule has 0 amide bonds. The highest BCUT2D eigenvalue weighted by molar-refractivity contribution is 6.17. The summed E-state index contributed by atoms with van der Waals surface area (Å²) in [6.07, 6.45) is 1.66. The van der Waals surface area contributed by atoms with Crippen LogP contribution in [-0.2, 0) is 16.7 Å². The van der Waals surface area contributed by atoms with Crippen molar-refractivity contribution >= 4 is 22.6 Å². The Labute approximate surface area is 122 Å². The number of rotatable bonds is 3. The molecule has 0 radical (unpaired) electrons. The number of aromatic nitrogens is 2.